The molecule has 1 aliphatic heterocycles. The number of ether oxygens (including phenoxy) is 1. The Kier molecular flexibility index (Phi) is 4.24. The van der Waals surface area contributed by atoms with Crippen molar-refractivity contribution in [2.75, 3.05) is 11.5 Å². The third-order valence-corrected chi connectivity index (χ3v) is 4.64. The zero-order chi connectivity index (χ0) is 19.0. The zero-order valence-electron chi connectivity index (χ0n) is 14.7. The molecule has 1 aliphatic rings. The van der Waals surface area contributed by atoms with Crippen LogP contribution in [0.1, 0.15) is 23.0 Å². The van der Waals surface area contributed by atoms with Crippen molar-refractivity contribution in [2.24, 2.45) is 0 Å². The predicted molar refractivity (Wildman–Crippen MR) is 99.9 cm³/mol. The molecule has 0 fully saturated rings. The number of para-hydroxylation sites is 2. The van der Waals surface area contributed by atoms with Crippen LogP contribution in [0.2, 0.25) is 0 Å². The second-order valence-electron chi connectivity index (χ2n) is 6.49. The number of hydrogen-bond donors (Lipinski definition) is 0. The topological polar surface area (TPSA) is 76.8 Å². The highest BCUT2D eigenvalue weighted by molar-refractivity contribution is 5.98. The van der Waals surface area contributed by atoms with Crippen LogP contribution in [0.15, 0.2) is 63.8 Å². The van der Waals surface area contributed by atoms with Gasteiger partial charge in [-0.15, -0.1) is 0 Å². The minimum Gasteiger partial charge on any atom is -0.450 e. The number of rotatable bonds is 3. The van der Waals surface area contributed by atoms with E-state index in [4.69, 9.17) is 9.15 Å². The molecule has 0 saturated carbocycles. The number of benzene rings is 2. The number of hydrogen-bond acceptors (Lipinski definition) is 5. The van der Waals surface area contributed by atoms with Crippen molar-refractivity contribution in [3.8, 4) is 0 Å². The lowest BCUT2D eigenvalue weighted by Crippen LogP contribution is -2.38. The molecule has 27 heavy (non-hydrogen) atoms. The average Bonchev–Trinajstić information content (AvgIpc) is 3.01. The quantitative estimate of drug-likeness (QED) is 0.669. The molecule has 1 atom stereocenters. The first-order valence-corrected chi connectivity index (χ1v) is 8.64. The molecule has 2 aromatic carbocycles. The molecule has 4 rings (SSSR count). The van der Waals surface area contributed by atoms with E-state index in [-0.39, 0.29) is 23.1 Å². The fraction of sp³-hybridized carbons (Fsp3) is 0.190. The van der Waals surface area contributed by atoms with Crippen LogP contribution in [0.25, 0.3) is 11.0 Å². The molecule has 0 N–H and O–H groups in total. The maximum Gasteiger partial charge on any atom is 0.374 e. The molecule has 6 heteroatoms. The Bertz CT molecular complexity index is 1100. The summed E-state index contributed by atoms with van der Waals surface area (Å²) in [6.07, 6.45) is 0.759. The first-order valence-electron chi connectivity index (χ1n) is 8.64. The van der Waals surface area contributed by atoms with Crippen LogP contribution < -0.4 is 10.3 Å². The highest BCUT2D eigenvalue weighted by atomic mass is 16.5. The Labute approximate surface area is 155 Å². The maximum atomic E-state index is 12.6. The molecule has 0 aliphatic carbocycles. The van der Waals surface area contributed by atoms with Gasteiger partial charge < -0.3 is 14.1 Å². The Morgan fingerprint density at radius 2 is 1.89 bits per heavy atom. The van der Waals surface area contributed by atoms with Gasteiger partial charge in [0.05, 0.1) is 5.39 Å². The van der Waals surface area contributed by atoms with Gasteiger partial charge in [0.25, 0.3) is 5.91 Å². The summed E-state index contributed by atoms with van der Waals surface area (Å²) in [4.78, 5) is 38.6. The van der Waals surface area contributed by atoms with Crippen molar-refractivity contribution >= 4 is 28.5 Å². The fourth-order valence-electron chi connectivity index (χ4n) is 3.42. The summed E-state index contributed by atoms with van der Waals surface area (Å²) < 4.78 is 10.5. The predicted octanol–water partition coefficient (Wildman–Crippen LogP) is 2.93. The highest BCUT2D eigenvalue weighted by Gasteiger charge is 2.31. The Balaban J connectivity index is 1.50. The summed E-state index contributed by atoms with van der Waals surface area (Å²) in [5, 5.41) is 0.382. The molecule has 0 spiro atoms. The number of nitrogens with zero attached hydrogens (tertiary/aromatic N) is 1. The van der Waals surface area contributed by atoms with Crippen molar-refractivity contribution in [1.82, 2.24) is 0 Å². The lowest BCUT2D eigenvalue weighted by molar-refractivity contribution is -0.122. The van der Waals surface area contributed by atoms with E-state index in [0.29, 0.717) is 11.0 Å². The zero-order valence-corrected chi connectivity index (χ0v) is 14.7. The Morgan fingerprint density at radius 1 is 1.15 bits per heavy atom. The van der Waals surface area contributed by atoms with Crippen LogP contribution in [-0.2, 0) is 16.0 Å². The van der Waals surface area contributed by atoms with Gasteiger partial charge in [0.2, 0.25) is 5.76 Å². The number of carbonyl (C=O) groups is 2. The van der Waals surface area contributed by atoms with E-state index in [2.05, 4.69) is 0 Å². The molecule has 1 aromatic heterocycles. The molecular weight excluding hydrogens is 346 g/mol. The van der Waals surface area contributed by atoms with E-state index in [1.54, 1.807) is 29.2 Å². The van der Waals surface area contributed by atoms with E-state index in [9.17, 15) is 14.4 Å². The fourth-order valence-corrected chi connectivity index (χ4v) is 3.42. The van der Waals surface area contributed by atoms with Crippen LogP contribution in [0.3, 0.4) is 0 Å². The normalized spacial score (nSPS) is 15.6. The van der Waals surface area contributed by atoms with Crippen molar-refractivity contribution in [2.45, 2.75) is 19.4 Å². The lowest BCUT2D eigenvalue weighted by Gasteiger charge is -2.22. The Morgan fingerprint density at radius 3 is 2.74 bits per heavy atom. The molecule has 0 bridgehead atoms. The van der Waals surface area contributed by atoms with E-state index < -0.39 is 12.6 Å². The van der Waals surface area contributed by atoms with Gasteiger partial charge in [-0.1, -0.05) is 30.3 Å². The minimum absolute atomic E-state index is 0.00722. The monoisotopic (exact) mass is 363 g/mol. The SMILES string of the molecule is CC1Cc2ccccc2N1C(=O)COC(=O)c1cc(=O)c2ccccc2o1. The molecule has 1 amide bonds. The summed E-state index contributed by atoms with van der Waals surface area (Å²) in [6, 6.07) is 15.4. The van der Waals surface area contributed by atoms with E-state index in [1.165, 1.54) is 0 Å². The summed E-state index contributed by atoms with van der Waals surface area (Å²) in [6.45, 7) is 1.52. The lowest BCUT2D eigenvalue weighted by atomic mass is 10.1. The highest BCUT2D eigenvalue weighted by Crippen LogP contribution is 2.31. The summed E-state index contributed by atoms with van der Waals surface area (Å²) in [7, 11) is 0. The van der Waals surface area contributed by atoms with Crippen molar-refractivity contribution in [3.05, 3.63) is 76.1 Å². The number of fused-ring (bicyclic) bond motifs is 2. The van der Waals surface area contributed by atoms with Gasteiger partial charge >= 0.3 is 5.97 Å². The van der Waals surface area contributed by atoms with E-state index in [0.717, 1.165) is 23.7 Å². The van der Waals surface area contributed by atoms with Gasteiger partial charge in [0.15, 0.2) is 12.0 Å². The van der Waals surface area contributed by atoms with Crippen molar-refractivity contribution in [3.63, 3.8) is 0 Å². The van der Waals surface area contributed by atoms with Gasteiger partial charge in [-0.25, -0.2) is 4.79 Å². The molecule has 136 valence electrons. The van der Waals surface area contributed by atoms with Gasteiger partial charge in [-0.3, -0.25) is 9.59 Å². The average molecular weight is 363 g/mol. The molecule has 0 saturated heterocycles. The van der Waals surface area contributed by atoms with E-state index >= 15 is 0 Å². The smallest absolute Gasteiger partial charge is 0.374 e. The van der Waals surface area contributed by atoms with E-state index in [1.807, 2.05) is 31.2 Å². The third kappa shape index (κ3) is 3.10. The molecular formula is C21H17NO5. The summed E-state index contributed by atoms with van der Waals surface area (Å²) >= 11 is 0. The van der Waals surface area contributed by atoms with Crippen LogP contribution >= 0.6 is 0 Å². The second kappa shape index (κ2) is 6.72. The van der Waals surface area contributed by atoms with Gasteiger partial charge in [-0.05, 0) is 37.1 Å². The number of anilines is 1. The van der Waals surface area contributed by atoms with Gasteiger partial charge in [-0.2, -0.15) is 0 Å². The standard InChI is InChI=1S/C21H17NO5/c1-13-10-14-6-2-4-8-16(14)22(13)20(24)12-26-21(25)19-11-17(23)15-7-3-5-9-18(15)27-19/h2-9,11,13H,10,12H2,1H3. The van der Waals surface area contributed by atoms with Crippen LogP contribution in [0, 0.1) is 0 Å². The number of carbonyl (C=O) groups excluding carboxylic acids is 2. The third-order valence-electron chi connectivity index (χ3n) is 4.64. The van der Waals surface area contributed by atoms with Gasteiger partial charge in [0.1, 0.15) is 5.58 Å². The second-order valence-corrected chi connectivity index (χ2v) is 6.49. The number of amides is 1. The van der Waals surface area contributed by atoms with Crippen LogP contribution in [0.4, 0.5) is 5.69 Å². The maximum absolute atomic E-state index is 12.6. The van der Waals surface area contributed by atoms with Gasteiger partial charge in [0, 0.05) is 17.8 Å². The van der Waals surface area contributed by atoms with Crippen molar-refractivity contribution < 1.29 is 18.7 Å². The molecule has 2 heterocycles. The first-order chi connectivity index (χ1) is 13.0. The molecule has 0 radical (unpaired) electrons. The first kappa shape index (κ1) is 17.0. The molecule has 3 aromatic rings. The summed E-state index contributed by atoms with van der Waals surface area (Å²) in [5.41, 5.74) is 1.89. The molecule has 6 nitrogen and oxygen atoms in total. The summed E-state index contributed by atoms with van der Waals surface area (Å²) in [5.74, 6) is -1.38. The van der Waals surface area contributed by atoms with Crippen LogP contribution in [0.5, 0.6) is 0 Å². The Hall–Kier alpha value is -3.41. The van der Waals surface area contributed by atoms with Crippen molar-refractivity contribution in [1.29, 1.82) is 0 Å². The molecule has 1 unspecified atom stereocenters. The number of esters is 1. The van der Waals surface area contributed by atoms with Crippen LogP contribution in [-0.4, -0.2) is 24.5 Å². The minimum atomic E-state index is -0.841. The largest absolute Gasteiger partial charge is 0.450 e.